The van der Waals surface area contributed by atoms with Crippen molar-refractivity contribution in [1.29, 1.82) is 0 Å². The summed E-state index contributed by atoms with van der Waals surface area (Å²) in [4.78, 5) is 0. The summed E-state index contributed by atoms with van der Waals surface area (Å²) >= 11 is 0. The van der Waals surface area contributed by atoms with Crippen molar-refractivity contribution < 1.29 is 10.8 Å². The van der Waals surface area contributed by atoms with Crippen LogP contribution < -0.4 is 5.73 Å². The van der Waals surface area contributed by atoms with Gasteiger partial charge in [0.1, 0.15) is 0 Å². The summed E-state index contributed by atoms with van der Waals surface area (Å²) in [6.07, 6.45) is 8.50. The molecule has 0 spiro atoms. The van der Waals surface area contributed by atoms with Crippen LogP contribution >= 0.6 is 0 Å². The lowest BCUT2D eigenvalue weighted by molar-refractivity contribution is -0.461. The standard InChI is InChI=1S/C13H23NO/c1-2-11(14)12-4-9-3-10(5-12)7-13(15,6-9)8-12/h9-11,15H,2-8,14H2,1H3/p+1. The van der Waals surface area contributed by atoms with Crippen molar-refractivity contribution in [2.45, 2.75) is 63.5 Å². The van der Waals surface area contributed by atoms with Crippen LogP contribution in [0.5, 0.6) is 0 Å². The Morgan fingerprint density at radius 2 is 1.87 bits per heavy atom. The Hall–Kier alpha value is -0.0800. The average Bonchev–Trinajstić information content (AvgIpc) is 2.12. The summed E-state index contributed by atoms with van der Waals surface area (Å²) in [6, 6.07) is 0.565. The zero-order chi connectivity index (χ0) is 10.7. The van der Waals surface area contributed by atoms with Gasteiger partial charge >= 0.3 is 0 Å². The molecule has 4 aliphatic rings. The first-order valence-corrected chi connectivity index (χ1v) is 6.61. The Bertz CT molecular complexity index is 262. The van der Waals surface area contributed by atoms with Gasteiger partial charge in [-0.05, 0) is 56.8 Å². The topological polar surface area (TPSA) is 47.9 Å². The molecule has 4 bridgehead atoms. The molecule has 0 aromatic rings. The third kappa shape index (κ3) is 1.38. The van der Waals surface area contributed by atoms with E-state index in [0.717, 1.165) is 31.1 Å². The average molecular weight is 210 g/mol. The van der Waals surface area contributed by atoms with Crippen molar-refractivity contribution in [1.82, 2.24) is 0 Å². The maximum absolute atomic E-state index is 10.6. The first-order chi connectivity index (χ1) is 7.05. The molecule has 0 heterocycles. The fourth-order valence-electron chi connectivity index (χ4n) is 5.19. The first kappa shape index (κ1) is 10.1. The molecule has 0 aromatic heterocycles. The number of aliphatic hydroxyl groups is 1. The van der Waals surface area contributed by atoms with Crippen LogP contribution in [-0.2, 0) is 0 Å². The molecule has 4 aliphatic carbocycles. The maximum Gasteiger partial charge on any atom is 0.0899 e. The Morgan fingerprint density at radius 1 is 1.27 bits per heavy atom. The number of hydrogen-bond acceptors (Lipinski definition) is 1. The fraction of sp³-hybridized carbons (Fsp3) is 1.00. The zero-order valence-electron chi connectivity index (χ0n) is 9.84. The molecule has 0 aromatic carbocycles. The lowest BCUT2D eigenvalue weighted by atomic mass is 9.46. The lowest BCUT2D eigenvalue weighted by Gasteiger charge is -2.60. The predicted octanol–water partition coefficient (Wildman–Crippen LogP) is 1.34. The zero-order valence-corrected chi connectivity index (χ0v) is 9.84. The van der Waals surface area contributed by atoms with Crippen molar-refractivity contribution in [3.8, 4) is 0 Å². The minimum Gasteiger partial charge on any atom is -0.390 e. The number of rotatable bonds is 2. The van der Waals surface area contributed by atoms with Crippen molar-refractivity contribution >= 4 is 0 Å². The quantitative estimate of drug-likeness (QED) is 0.710. The van der Waals surface area contributed by atoms with E-state index >= 15 is 0 Å². The van der Waals surface area contributed by atoms with E-state index in [1.165, 1.54) is 25.7 Å². The van der Waals surface area contributed by atoms with Crippen LogP contribution in [0.1, 0.15) is 51.9 Å². The molecule has 15 heavy (non-hydrogen) atoms. The second kappa shape index (κ2) is 2.98. The Morgan fingerprint density at radius 3 is 2.33 bits per heavy atom. The van der Waals surface area contributed by atoms with Gasteiger partial charge in [-0.25, -0.2) is 0 Å². The smallest absolute Gasteiger partial charge is 0.0899 e. The fourth-order valence-corrected chi connectivity index (χ4v) is 5.19. The van der Waals surface area contributed by atoms with E-state index in [4.69, 9.17) is 0 Å². The first-order valence-electron chi connectivity index (χ1n) is 6.61. The molecule has 4 fully saturated rings. The van der Waals surface area contributed by atoms with Crippen LogP contribution in [0.3, 0.4) is 0 Å². The SMILES string of the molecule is CCC([NH3+])C12CC3CC(CC(O)(C3)C1)C2. The molecule has 0 aliphatic heterocycles. The monoisotopic (exact) mass is 210 g/mol. The highest BCUT2D eigenvalue weighted by Crippen LogP contribution is 2.62. The third-order valence-corrected chi connectivity index (χ3v) is 5.43. The van der Waals surface area contributed by atoms with E-state index in [-0.39, 0.29) is 5.60 Å². The van der Waals surface area contributed by atoms with Crippen molar-refractivity contribution in [2.24, 2.45) is 17.3 Å². The second-order valence-electron chi connectivity index (χ2n) is 6.65. The van der Waals surface area contributed by atoms with E-state index in [9.17, 15) is 5.11 Å². The van der Waals surface area contributed by atoms with Gasteiger partial charge in [-0.3, -0.25) is 0 Å². The van der Waals surface area contributed by atoms with Gasteiger partial charge in [0.25, 0.3) is 0 Å². The summed E-state index contributed by atoms with van der Waals surface area (Å²) in [5.41, 5.74) is 4.48. The van der Waals surface area contributed by atoms with Crippen molar-refractivity contribution in [3.05, 3.63) is 0 Å². The molecule has 2 nitrogen and oxygen atoms in total. The molecule has 4 rings (SSSR count). The molecule has 0 saturated heterocycles. The van der Waals surface area contributed by atoms with Crippen LogP contribution in [0, 0.1) is 17.3 Å². The Labute approximate surface area is 92.2 Å². The van der Waals surface area contributed by atoms with Gasteiger partial charge in [0.05, 0.1) is 11.6 Å². The molecule has 4 saturated carbocycles. The van der Waals surface area contributed by atoms with Gasteiger partial charge in [-0.15, -0.1) is 0 Å². The Kier molecular flexibility index (Phi) is 2.01. The molecular formula is C13H24NO+. The second-order valence-corrected chi connectivity index (χ2v) is 6.65. The molecule has 3 unspecified atom stereocenters. The van der Waals surface area contributed by atoms with Crippen LogP contribution in [0.2, 0.25) is 0 Å². The minimum absolute atomic E-state index is 0.296. The summed E-state index contributed by atoms with van der Waals surface area (Å²) in [5, 5.41) is 10.6. The lowest BCUT2D eigenvalue weighted by Crippen LogP contribution is -2.73. The Balaban J connectivity index is 1.92. The molecule has 0 radical (unpaired) electrons. The highest BCUT2D eigenvalue weighted by atomic mass is 16.3. The van der Waals surface area contributed by atoms with Gasteiger partial charge in [0.15, 0.2) is 0 Å². The van der Waals surface area contributed by atoms with Crippen LogP contribution in [0.25, 0.3) is 0 Å². The third-order valence-electron chi connectivity index (χ3n) is 5.43. The van der Waals surface area contributed by atoms with Crippen LogP contribution in [-0.4, -0.2) is 16.7 Å². The number of quaternary nitrogens is 1. The van der Waals surface area contributed by atoms with Gasteiger partial charge in [-0.1, -0.05) is 6.92 Å². The summed E-state index contributed by atoms with van der Waals surface area (Å²) in [7, 11) is 0. The largest absolute Gasteiger partial charge is 0.390 e. The van der Waals surface area contributed by atoms with Gasteiger partial charge < -0.3 is 10.8 Å². The van der Waals surface area contributed by atoms with E-state index in [0.29, 0.717) is 11.5 Å². The van der Waals surface area contributed by atoms with Crippen LogP contribution in [0.15, 0.2) is 0 Å². The summed E-state index contributed by atoms with van der Waals surface area (Å²) in [5.74, 6) is 1.62. The summed E-state index contributed by atoms with van der Waals surface area (Å²) in [6.45, 7) is 2.25. The normalized spacial score (nSPS) is 54.6. The van der Waals surface area contributed by atoms with Gasteiger partial charge in [0.2, 0.25) is 0 Å². The number of hydrogen-bond donors (Lipinski definition) is 2. The van der Waals surface area contributed by atoms with Gasteiger partial charge in [-0.2, -0.15) is 0 Å². The predicted molar refractivity (Wildman–Crippen MR) is 59.0 cm³/mol. The highest BCUT2D eigenvalue weighted by molar-refractivity contribution is 5.09. The summed E-state index contributed by atoms with van der Waals surface area (Å²) < 4.78 is 0. The maximum atomic E-state index is 10.6. The van der Waals surface area contributed by atoms with Gasteiger partial charge in [0, 0.05) is 5.41 Å². The van der Waals surface area contributed by atoms with E-state index in [1.54, 1.807) is 0 Å². The van der Waals surface area contributed by atoms with Crippen LogP contribution in [0.4, 0.5) is 0 Å². The molecule has 4 N–H and O–H groups in total. The minimum atomic E-state index is -0.296. The van der Waals surface area contributed by atoms with E-state index < -0.39 is 0 Å². The highest BCUT2D eigenvalue weighted by Gasteiger charge is 2.59. The van der Waals surface area contributed by atoms with E-state index in [1.807, 2.05) is 0 Å². The molecule has 86 valence electrons. The molecular weight excluding hydrogens is 186 g/mol. The molecule has 0 amide bonds. The van der Waals surface area contributed by atoms with Crippen molar-refractivity contribution in [2.75, 3.05) is 0 Å². The molecule has 3 atom stereocenters. The van der Waals surface area contributed by atoms with E-state index in [2.05, 4.69) is 12.7 Å². The molecule has 2 heteroatoms. The van der Waals surface area contributed by atoms with Crippen molar-refractivity contribution in [3.63, 3.8) is 0 Å².